The van der Waals surface area contributed by atoms with E-state index >= 15 is 0 Å². The van der Waals surface area contributed by atoms with Crippen LogP contribution in [0.2, 0.25) is 0 Å². The lowest BCUT2D eigenvalue weighted by Crippen LogP contribution is -1.97. The Morgan fingerprint density at radius 1 is 1.23 bits per heavy atom. The van der Waals surface area contributed by atoms with Gasteiger partial charge in [-0.2, -0.15) is 5.10 Å². The van der Waals surface area contributed by atoms with Crippen molar-refractivity contribution >= 4 is 28.1 Å². The number of thiazole rings is 1. The minimum atomic E-state index is 0.697. The van der Waals surface area contributed by atoms with Gasteiger partial charge in [-0.25, -0.2) is 9.97 Å². The van der Waals surface area contributed by atoms with E-state index in [1.165, 1.54) is 0 Å². The van der Waals surface area contributed by atoms with Crippen molar-refractivity contribution in [2.75, 3.05) is 5.32 Å². The summed E-state index contributed by atoms with van der Waals surface area (Å²) in [6, 6.07) is 5.91. The van der Waals surface area contributed by atoms with Crippen molar-refractivity contribution in [1.82, 2.24) is 20.2 Å². The Morgan fingerprint density at radius 3 is 3.05 bits per heavy atom. The Kier molecular flexibility index (Phi) is 3.12. The maximum Gasteiger partial charge on any atom is 0.162 e. The molecule has 4 aromatic rings. The molecule has 0 aliphatic carbocycles. The van der Waals surface area contributed by atoms with Crippen LogP contribution in [0.5, 0.6) is 0 Å². The van der Waals surface area contributed by atoms with Gasteiger partial charge >= 0.3 is 0 Å². The van der Waals surface area contributed by atoms with Gasteiger partial charge in [-0.1, -0.05) is 0 Å². The summed E-state index contributed by atoms with van der Waals surface area (Å²) in [5.41, 5.74) is 1.75. The largest absolute Gasteiger partial charge is 0.459 e. The number of H-pyrrole nitrogens is 1. The highest BCUT2D eigenvalue weighted by molar-refractivity contribution is 7.14. The molecule has 4 rings (SSSR count). The molecule has 0 unspecified atom stereocenters. The molecule has 110 valence electrons. The van der Waals surface area contributed by atoms with E-state index in [0.717, 1.165) is 38.1 Å². The molecule has 0 aromatic carbocycles. The zero-order valence-corrected chi connectivity index (χ0v) is 12.6. The van der Waals surface area contributed by atoms with Gasteiger partial charge in [0.15, 0.2) is 16.4 Å². The third-order valence-electron chi connectivity index (χ3n) is 3.26. The smallest absolute Gasteiger partial charge is 0.162 e. The molecule has 0 fully saturated rings. The van der Waals surface area contributed by atoms with Crippen LogP contribution in [-0.4, -0.2) is 20.2 Å². The zero-order valence-electron chi connectivity index (χ0n) is 11.8. The molecule has 0 radical (unpaired) electrons. The first kappa shape index (κ1) is 13.0. The zero-order chi connectivity index (χ0) is 14.9. The molecule has 2 N–H and O–H groups in total. The first-order valence-electron chi connectivity index (χ1n) is 6.82. The monoisotopic (exact) mass is 311 g/mol. The predicted molar refractivity (Wildman–Crippen MR) is 85.8 cm³/mol. The van der Waals surface area contributed by atoms with Crippen LogP contribution in [0.1, 0.15) is 10.6 Å². The number of nitrogens with one attached hydrogen (secondary N) is 2. The van der Waals surface area contributed by atoms with E-state index in [-0.39, 0.29) is 0 Å². The number of aryl methyl sites for hydroxylation is 1. The van der Waals surface area contributed by atoms with Crippen molar-refractivity contribution in [3.63, 3.8) is 0 Å². The van der Waals surface area contributed by atoms with Gasteiger partial charge in [0.05, 0.1) is 24.6 Å². The second-order valence-corrected chi connectivity index (χ2v) is 6.04. The van der Waals surface area contributed by atoms with E-state index < -0.39 is 0 Å². The second-order valence-electron chi connectivity index (χ2n) is 4.93. The van der Waals surface area contributed by atoms with Gasteiger partial charge in [0, 0.05) is 16.5 Å². The summed E-state index contributed by atoms with van der Waals surface area (Å²) >= 11 is 1.62. The van der Waals surface area contributed by atoms with E-state index in [2.05, 4.69) is 25.5 Å². The first-order chi connectivity index (χ1) is 10.8. The normalized spacial score (nSPS) is 11.1. The van der Waals surface area contributed by atoms with Crippen molar-refractivity contribution in [2.45, 2.75) is 13.5 Å². The van der Waals surface area contributed by atoms with Gasteiger partial charge in [-0.05, 0) is 25.1 Å². The summed E-state index contributed by atoms with van der Waals surface area (Å²) < 4.78 is 5.59. The molecule has 0 spiro atoms. The highest BCUT2D eigenvalue weighted by atomic mass is 32.1. The summed E-state index contributed by atoms with van der Waals surface area (Å²) in [5, 5.41) is 12.0. The van der Waals surface area contributed by atoms with Gasteiger partial charge in [0.1, 0.15) is 5.76 Å². The highest BCUT2D eigenvalue weighted by Gasteiger charge is 2.08. The number of anilines is 1. The van der Waals surface area contributed by atoms with Gasteiger partial charge < -0.3 is 9.73 Å². The van der Waals surface area contributed by atoms with E-state index in [0.29, 0.717) is 6.54 Å². The Bertz CT molecular complexity index is 923. The minimum absolute atomic E-state index is 0.697. The number of nitrogens with zero attached hydrogens (tertiary/aromatic N) is 3. The van der Waals surface area contributed by atoms with Crippen molar-refractivity contribution in [3.8, 4) is 10.8 Å². The average Bonchev–Trinajstić information content (AvgIpc) is 3.24. The lowest BCUT2D eigenvalue weighted by Gasteiger charge is -2.03. The first-order valence-corrected chi connectivity index (χ1v) is 7.64. The quantitative estimate of drug-likeness (QED) is 0.602. The van der Waals surface area contributed by atoms with E-state index in [1.807, 2.05) is 31.3 Å². The van der Waals surface area contributed by atoms with Gasteiger partial charge in [-0.15, -0.1) is 11.3 Å². The molecule has 0 saturated carbocycles. The predicted octanol–water partition coefficient (Wildman–Crippen LogP) is 3.59. The topological polar surface area (TPSA) is 79.6 Å². The molecule has 7 heteroatoms. The number of aromatic nitrogens is 4. The average molecular weight is 311 g/mol. The van der Waals surface area contributed by atoms with Crippen LogP contribution in [0.4, 0.5) is 5.69 Å². The number of furan rings is 1. The maximum absolute atomic E-state index is 5.59. The third-order valence-corrected chi connectivity index (χ3v) is 4.27. The molecular weight excluding hydrogens is 298 g/mol. The number of rotatable bonds is 4. The second kappa shape index (κ2) is 5.27. The fourth-order valence-electron chi connectivity index (χ4n) is 2.18. The fourth-order valence-corrected chi connectivity index (χ4v) is 2.99. The Hall–Kier alpha value is -2.67. The summed E-state index contributed by atoms with van der Waals surface area (Å²) in [4.78, 5) is 9.84. The molecule has 22 heavy (non-hydrogen) atoms. The Labute approximate surface area is 130 Å². The fraction of sp³-hybridized carbons (Fsp3) is 0.133. The number of fused-ring (bicyclic) bond motifs is 1. The van der Waals surface area contributed by atoms with Gasteiger partial charge in [0.25, 0.3) is 0 Å². The van der Waals surface area contributed by atoms with E-state index in [4.69, 9.17) is 4.42 Å². The summed E-state index contributed by atoms with van der Waals surface area (Å²) in [6.45, 7) is 2.63. The Morgan fingerprint density at radius 2 is 2.18 bits per heavy atom. The molecular formula is C15H13N5OS. The molecule has 0 bridgehead atoms. The maximum atomic E-state index is 5.59. The summed E-state index contributed by atoms with van der Waals surface area (Å²) in [6.07, 6.45) is 5.42. The lowest BCUT2D eigenvalue weighted by molar-refractivity contribution is 0.548. The molecule has 0 atom stereocenters. The van der Waals surface area contributed by atoms with Crippen LogP contribution in [0.25, 0.3) is 21.8 Å². The lowest BCUT2D eigenvalue weighted by atomic mass is 10.3. The number of aromatic amines is 1. The van der Waals surface area contributed by atoms with Crippen LogP contribution >= 0.6 is 11.3 Å². The van der Waals surface area contributed by atoms with Crippen LogP contribution < -0.4 is 5.32 Å². The molecule has 6 nitrogen and oxygen atoms in total. The highest BCUT2D eigenvalue weighted by Crippen LogP contribution is 2.27. The number of hydrogen-bond acceptors (Lipinski definition) is 6. The summed E-state index contributed by atoms with van der Waals surface area (Å²) in [7, 11) is 0. The SMILES string of the molecule is Cc1ccc(-c2ncc(CNc3cnc4[nH]ncc4c3)s2)o1. The molecule has 0 amide bonds. The molecule has 0 aliphatic rings. The van der Waals surface area contributed by atoms with Crippen molar-refractivity contribution in [2.24, 2.45) is 0 Å². The van der Waals surface area contributed by atoms with Gasteiger partial charge in [0.2, 0.25) is 0 Å². The van der Waals surface area contributed by atoms with Crippen LogP contribution in [-0.2, 0) is 6.54 Å². The number of hydrogen-bond donors (Lipinski definition) is 2. The molecule has 4 heterocycles. The van der Waals surface area contributed by atoms with Crippen molar-refractivity contribution < 1.29 is 4.42 Å². The molecule has 0 aliphatic heterocycles. The van der Waals surface area contributed by atoms with Gasteiger partial charge in [-0.3, -0.25) is 5.10 Å². The molecule has 4 aromatic heterocycles. The van der Waals surface area contributed by atoms with Crippen LogP contribution in [0.15, 0.2) is 41.2 Å². The molecule has 0 saturated heterocycles. The van der Waals surface area contributed by atoms with Crippen molar-refractivity contribution in [1.29, 1.82) is 0 Å². The third kappa shape index (κ3) is 2.46. The summed E-state index contributed by atoms with van der Waals surface area (Å²) in [5.74, 6) is 1.71. The van der Waals surface area contributed by atoms with Crippen LogP contribution in [0.3, 0.4) is 0 Å². The standard InChI is InChI=1S/C15H13N5OS/c1-9-2-3-13(21-9)15-18-8-12(22-15)7-16-11-4-10-5-19-20-14(10)17-6-11/h2-6,8,16H,7H2,1H3,(H,17,19,20). The van der Waals surface area contributed by atoms with E-state index in [1.54, 1.807) is 23.7 Å². The van der Waals surface area contributed by atoms with Crippen molar-refractivity contribution in [3.05, 3.63) is 47.4 Å². The minimum Gasteiger partial charge on any atom is -0.459 e. The number of pyridine rings is 1. The Balaban J connectivity index is 1.48. The van der Waals surface area contributed by atoms with Crippen LogP contribution in [0, 0.1) is 6.92 Å². The van der Waals surface area contributed by atoms with E-state index in [9.17, 15) is 0 Å².